The Balaban J connectivity index is 2.04. The topological polar surface area (TPSA) is 75.3 Å². The molecular weight excluding hydrogens is 264 g/mol. The molecule has 2 aliphatic rings. The van der Waals surface area contributed by atoms with Crippen LogP contribution in [0.5, 0.6) is 0 Å². The van der Waals surface area contributed by atoms with E-state index < -0.39 is 12.1 Å². The Labute approximate surface area is 116 Å². The van der Waals surface area contributed by atoms with Crippen molar-refractivity contribution in [3.8, 4) is 0 Å². The van der Waals surface area contributed by atoms with Gasteiger partial charge in [0, 0.05) is 12.5 Å². The van der Waals surface area contributed by atoms with Crippen molar-refractivity contribution in [3.05, 3.63) is 17.2 Å². The maximum Gasteiger partial charge on any atom is 0.356 e. The maximum atomic E-state index is 11.3. The second-order valence-electron chi connectivity index (χ2n) is 5.21. The average molecular weight is 282 g/mol. The van der Waals surface area contributed by atoms with Gasteiger partial charge >= 0.3 is 5.97 Å². The van der Waals surface area contributed by atoms with Gasteiger partial charge in [-0.1, -0.05) is 0 Å². The minimum Gasteiger partial charge on any atom is -0.476 e. The summed E-state index contributed by atoms with van der Waals surface area (Å²) in [5.74, 6) is 2.42. The number of fused-ring (bicyclic) bond motifs is 1. The number of carbonyl (C=O) groups is 1. The number of aliphatic hydroxyl groups excluding tert-OH is 1. The van der Waals surface area contributed by atoms with Crippen LogP contribution in [0.1, 0.15) is 59.7 Å². The molecule has 5 nitrogen and oxygen atoms in total. The van der Waals surface area contributed by atoms with E-state index in [0.29, 0.717) is 18.0 Å². The van der Waals surface area contributed by atoms with E-state index >= 15 is 0 Å². The Morgan fingerprint density at radius 2 is 2.05 bits per heavy atom. The fourth-order valence-electron chi connectivity index (χ4n) is 3.06. The summed E-state index contributed by atoms with van der Waals surface area (Å²) in [6, 6.07) is 0. The van der Waals surface area contributed by atoms with Crippen LogP contribution < -0.4 is 0 Å². The molecule has 1 fully saturated rings. The normalized spacial score (nSPS) is 24.2. The number of rotatable bonds is 2. The zero-order valence-electron chi connectivity index (χ0n) is 10.7. The minimum atomic E-state index is -1.03. The van der Waals surface area contributed by atoms with Crippen LogP contribution in [0, 0.1) is 0 Å². The van der Waals surface area contributed by atoms with Gasteiger partial charge in [0.1, 0.15) is 5.82 Å². The van der Waals surface area contributed by atoms with E-state index in [1.54, 1.807) is 0 Å². The molecule has 0 saturated carbocycles. The van der Waals surface area contributed by atoms with E-state index in [4.69, 9.17) is 0 Å². The van der Waals surface area contributed by atoms with Gasteiger partial charge < -0.3 is 14.8 Å². The first kappa shape index (κ1) is 13.0. The highest BCUT2D eigenvalue weighted by Gasteiger charge is 2.32. The van der Waals surface area contributed by atoms with Gasteiger partial charge in [0.2, 0.25) is 0 Å². The van der Waals surface area contributed by atoms with Gasteiger partial charge in [-0.3, -0.25) is 0 Å². The van der Waals surface area contributed by atoms with E-state index in [1.807, 2.05) is 16.3 Å². The molecule has 0 amide bonds. The Morgan fingerprint density at radius 1 is 1.32 bits per heavy atom. The van der Waals surface area contributed by atoms with Gasteiger partial charge in [-0.05, 0) is 37.2 Å². The summed E-state index contributed by atoms with van der Waals surface area (Å²) < 4.78 is 1.97. The van der Waals surface area contributed by atoms with Crippen molar-refractivity contribution in [2.75, 3.05) is 11.5 Å². The van der Waals surface area contributed by atoms with Crippen molar-refractivity contribution in [1.82, 2.24) is 9.55 Å². The standard InChI is InChI=1S/C13H18N2O3S/c16-9-2-1-5-15-11(9)10(13(17)18)14-12(15)8-3-6-19-7-4-8/h8-9,16H,1-7H2,(H,17,18). The molecule has 104 valence electrons. The van der Waals surface area contributed by atoms with Gasteiger partial charge in [0.15, 0.2) is 5.69 Å². The fraction of sp³-hybridized carbons (Fsp3) is 0.692. The van der Waals surface area contributed by atoms with Crippen molar-refractivity contribution in [1.29, 1.82) is 0 Å². The van der Waals surface area contributed by atoms with Crippen LogP contribution in [0.4, 0.5) is 0 Å². The molecule has 0 spiro atoms. The highest BCUT2D eigenvalue weighted by atomic mass is 32.2. The number of aliphatic hydroxyl groups is 1. The monoisotopic (exact) mass is 282 g/mol. The Bertz CT molecular complexity index is 494. The Kier molecular flexibility index (Phi) is 3.54. The molecule has 0 aliphatic carbocycles. The number of hydrogen-bond donors (Lipinski definition) is 2. The Morgan fingerprint density at radius 3 is 2.74 bits per heavy atom. The van der Waals surface area contributed by atoms with Crippen LogP contribution in [0.15, 0.2) is 0 Å². The average Bonchev–Trinajstić information content (AvgIpc) is 2.81. The molecule has 3 rings (SSSR count). The third kappa shape index (κ3) is 2.27. The minimum absolute atomic E-state index is 0.0560. The number of aromatic nitrogens is 2. The molecule has 3 heterocycles. The third-order valence-corrected chi connectivity index (χ3v) is 5.05. The van der Waals surface area contributed by atoms with Crippen LogP contribution in [-0.4, -0.2) is 37.2 Å². The molecule has 1 aromatic heterocycles. The van der Waals surface area contributed by atoms with Crippen LogP contribution >= 0.6 is 11.8 Å². The van der Waals surface area contributed by atoms with Gasteiger partial charge in [0.05, 0.1) is 11.8 Å². The largest absolute Gasteiger partial charge is 0.476 e. The smallest absolute Gasteiger partial charge is 0.356 e. The maximum absolute atomic E-state index is 11.3. The molecule has 1 atom stereocenters. The van der Waals surface area contributed by atoms with E-state index in [1.165, 1.54) is 0 Å². The zero-order valence-corrected chi connectivity index (χ0v) is 11.5. The lowest BCUT2D eigenvalue weighted by atomic mass is 10.0. The summed E-state index contributed by atoms with van der Waals surface area (Å²) in [5, 5.41) is 19.4. The molecular formula is C13H18N2O3S. The first-order valence-corrected chi connectivity index (χ1v) is 7.93. The predicted molar refractivity (Wildman–Crippen MR) is 72.7 cm³/mol. The van der Waals surface area contributed by atoms with Crippen LogP contribution in [0.25, 0.3) is 0 Å². The van der Waals surface area contributed by atoms with Crippen LogP contribution in [0.3, 0.4) is 0 Å². The number of carboxylic acids is 1. The molecule has 0 bridgehead atoms. The summed E-state index contributed by atoms with van der Waals surface area (Å²) in [4.78, 5) is 15.7. The van der Waals surface area contributed by atoms with E-state index in [2.05, 4.69) is 4.98 Å². The first-order valence-electron chi connectivity index (χ1n) is 6.78. The van der Waals surface area contributed by atoms with Crippen molar-refractivity contribution >= 4 is 17.7 Å². The van der Waals surface area contributed by atoms with Crippen molar-refractivity contribution in [3.63, 3.8) is 0 Å². The van der Waals surface area contributed by atoms with Crippen molar-refractivity contribution < 1.29 is 15.0 Å². The summed E-state index contributed by atoms with van der Waals surface area (Å²) in [6.07, 6.45) is 2.94. The molecule has 19 heavy (non-hydrogen) atoms. The number of nitrogens with zero attached hydrogens (tertiary/aromatic N) is 2. The number of aromatic carboxylic acids is 1. The van der Waals surface area contributed by atoms with E-state index in [0.717, 1.165) is 43.1 Å². The number of thioether (sulfide) groups is 1. The third-order valence-electron chi connectivity index (χ3n) is 4.00. The molecule has 2 aliphatic heterocycles. The van der Waals surface area contributed by atoms with Gasteiger partial charge in [0.25, 0.3) is 0 Å². The van der Waals surface area contributed by atoms with Crippen LogP contribution in [0.2, 0.25) is 0 Å². The molecule has 1 aromatic rings. The summed E-state index contributed by atoms with van der Waals surface area (Å²) in [7, 11) is 0. The molecule has 0 aromatic carbocycles. The van der Waals surface area contributed by atoms with Gasteiger partial charge in [-0.2, -0.15) is 11.8 Å². The summed E-state index contributed by atoms with van der Waals surface area (Å²) in [5.41, 5.74) is 0.576. The fourth-order valence-corrected chi connectivity index (χ4v) is 4.17. The molecule has 1 saturated heterocycles. The van der Waals surface area contributed by atoms with Gasteiger partial charge in [-0.15, -0.1) is 0 Å². The predicted octanol–water partition coefficient (Wildman–Crippen LogP) is 2.02. The highest BCUT2D eigenvalue weighted by Crippen LogP contribution is 2.36. The lowest BCUT2D eigenvalue weighted by Crippen LogP contribution is -2.21. The number of carboxylic acid groups (broad SMARTS) is 1. The lowest BCUT2D eigenvalue weighted by Gasteiger charge is -2.26. The first-order chi connectivity index (χ1) is 9.18. The van der Waals surface area contributed by atoms with Crippen molar-refractivity contribution in [2.24, 2.45) is 0 Å². The molecule has 1 unspecified atom stereocenters. The van der Waals surface area contributed by atoms with E-state index in [-0.39, 0.29) is 5.69 Å². The number of imidazole rings is 1. The molecule has 2 N–H and O–H groups in total. The SMILES string of the molecule is O=C(O)c1nc(C2CCSCC2)n2c1C(O)CCC2. The second kappa shape index (κ2) is 5.17. The summed E-state index contributed by atoms with van der Waals surface area (Å²) in [6.45, 7) is 0.783. The van der Waals surface area contributed by atoms with Crippen molar-refractivity contribution in [2.45, 2.75) is 44.2 Å². The number of hydrogen-bond acceptors (Lipinski definition) is 4. The van der Waals surface area contributed by atoms with Crippen LogP contribution in [-0.2, 0) is 6.54 Å². The van der Waals surface area contributed by atoms with Gasteiger partial charge in [-0.25, -0.2) is 9.78 Å². The highest BCUT2D eigenvalue weighted by molar-refractivity contribution is 7.99. The Hall–Kier alpha value is -1.01. The summed E-state index contributed by atoms with van der Waals surface area (Å²) >= 11 is 1.94. The molecule has 0 radical (unpaired) electrons. The lowest BCUT2D eigenvalue weighted by molar-refractivity contribution is 0.0677. The molecule has 6 heteroatoms. The quantitative estimate of drug-likeness (QED) is 0.868. The second-order valence-corrected chi connectivity index (χ2v) is 6.43. The zero-order chi connectivity index (χ0) is 13.4. The van der Waals surface area contributed by atoms with E-state index in [9.17, 15) is 15.0 Å².